The average molecular weight is 212 g/mol. The van der Waals surface area contributed by atoms with E-state index in [1.54, 1.807) is 0 Å². The van der Waals surface area contributed by atoms with Gasteiger partial charge >= 0.3 is 0 Å². The molecule has 0 aliphatic rings. The average Bonchev–Trinajstić information content (AvgIpc) is 2.30. The van der Waals surface area contributed by atoms with Crippen LogP contribution in [0.4, 0.5) is 0 Å². The first-order valence-corrected chi connectivity index (χ1v) is 4.92. The van der Waals surface area contributed by atoms with Crippen molar-refractivity contribution in [3.63, 3.8) is 0 Å². The Labute approximate surface area is 96.8 Å². The first kappa shape index (κ1) is 12.2. The molecule has 2 rings (SSSR count). The minimum absolute atomic E-state index is 0. The highest BCUT2D eigenvalue weighted by Gasteiger charge is 1.96. The normalized spacial score (nSPS) is 9.31. The molecule has 0 aromatic heterocycles. The van der Waals surface area contributed by atoms with Crippen molar-refractivity contribution in [2.45, 2.75) is 14.4 Å². The number of hydrogen-bond donors (Lipinski definition) is 0. The van der Waals surface area contributed by atoms with Crippen LogP contribution in [0.3, 0.4) is 0 Å². The highest BCUT2D eigenvalue weighted by atomic mass is 16.1. The highest BCUT2D eigenvalue weighted by molar-refractivity contribution is 5.76. The molecule has 0 saturated heterocycles. The minimum Gasteiger partial charge on any atom is -0.298 e. The molecule has 0 aliphatic carbocycles. The number of rotatable bonds is 2. The van der Waals surface area contributed by atoms with Crippen LogP contribution >= 0.6 is 0 Å². The lowest BCUT2D eigenvalue weighted by molar-refractivity contribution is 0.112. The second-order valence-corrected chi connectivity index (χ2v) is 3.61. The van der Waals surface area contributed by atoms with E-state index in [4.69, 9.17) is 0 Å². The molecule has 0 unspecified atom stereocenters. The van der Waals surface area contributed by atoms with Gasteiger partial charge in [-0.3, -0.25) is 4.79 Å². The van der Waals surface area contributed by atoms with Crippen molar-refractivity contribution in [1.82, 2.24) is 0 Å². The van der Waals surface area contributed by atoms with Crippen molar-refractivity contribution in [1.29, 1.82) is 0 Å². The third-order valence-corrected chi connectivity index (χ3v) is 2.43. The molecular formula is C15H16O. The van der Waals surface area contributed by atoms with Gasteiger partial charge in [0.05, 0.1) is 0 Å². The molecule has 0 atom stereocenters. The number of aldehydes is 1. The van der Waals surface area contributed by atoms with Crippen LogP contribution in [0.15, 0.2) is 48.5 Å². The van der Waals surface area contributed by atoms with E-state index in [9.17, 15) is 4.79 Å². The second-order valence-electron chi connectivity index (χ2n) is 3.61. The summed E-state index contributed by atoms with van der Waals surface area (Å²) >= 11 is 0. The Bertz CT molecular complexity index is 452. The number of hydrogen-bond acceptors (Lipinski definition) is 1. The fraction of sp³-hybridized carbons (Fsp3) is 0.133. The summed E-state index contributed by atoms with van der Waals surface area (Å²) in [5.41, 5.74) is 4.28. The van der Waals surface area contributed by atoms with Gasteiger partial charge in [-0.15, -0.1) is 0 Å². The maximum Gasteiger partial charge on any atom is 0.150 e. The standard InChI is InChI=1S/C14H12O.CH4/c1-11-2-6-13(7-3-11)14-8-4-12(10-15)5-9-14;/h2-10H,1H3;1H4. The third-order valence-electron chi connectivity index (χ3n) is 2.43. The maximum atomic E-state index is 10.5. The van der Waals surface area contributed by atoms with Gasteiger partial charge in [0.1, 0.15) is 6.29 Å². The summed E-state index contributed by atoms with van der Waals surface area (Å²) < 4.78 is 0. The van der Waals surface area contributed by atoms with Crippen molar-refractivity contribution in [3.8, 4) is 11.1 Å². The number of carbonyl (C=O) groups excluding carboxylic acids is 1. The fourth-order valence-corrected chi connectivity index (χ4v) is 1.50. The van der Waals surface area contributed by atoms with Gasteiger partial charge < -0.3 is 0 Å². The van der Waals surface area contributed by atoms with Crippen molar-refractivity contribution >= 4 is 6.29 Å². The van der Waals surface area contributed by atoms with Gasteiger partial charge in [0.2, 0.25) is 0 Å². The van der Waals surface area contributed by atoms with Crippen molar-refractivity contribution < 1.29 is 4.79 Å². The summed E-state index contributed by atoms with van der Waals surface area (Å²) in [7, 11) is 0. The number of aryl methyl sites for hydroxylation is 1. The van der Waals surface area contributed by atoms with Crippen LogP contribution in [-0.2, 0) is 0 Å². The van der Waals surface area contributed by atoms with Gasteiger partial charge in [0, 0.05) is 5.56 Å². The maximum absolute atomic E-state index is 10.5. The summed E-state index contributed by atoms with van der Waals surface area (Å²) in [6.45, 7) is 2.07. The fourth-order valence-electron chi connectivity index (χ4n) is 1.50. The first-order chi connectivity index (χ1) is 7.29. The molecule has 2 aromatic carbocycles. The van der Waals surface area contributed by atoms with Crippen LogP contribution in [-0.4, -0.2) is 6.29 Å². The minimum atomic E-state index is 0. The van der Waals surface area contributed by atoms with Crippen LogP contribution < -0.4 is 0 Å². The Morgan fingerprint density at radius 2 is 1.25 bits per heavy atom. The van der Waals surface area contributed by atoms with Gasteiger partial charge in [-0.1, -0.05) is 61.5 Å². The van der Waals surface area contributed by atoms with Gasteiger partial charge in [-0.25, -0.2) is 0 Å². The molecule has 0 amide bonds. The molecule has 82 valence electrons. The van der Waals surface area contributed by atoms with Crippen molar-refractivity contribution in [2.75, 3.05) is 0 Å². The molecule has 0 spiro atoms. The van der Waals surface area contributed by atoms with E-state index in [1.165, 1.54) is 11.1 Å². The SMILES string of the molecule is C.Cc1ccc(-c2ccc(C=O)cc2)cc1. The zero-order valence-corrected chi connectivity index (χ0v) is 8.60. The zero-order chi connectivity index (χ0) is 10.7. The molecule has 0 heterocycles. The molecule has 0 saturated carbocycles. The third kappa shape index (κ3) is 2.57. The molecule has 0 fully saturated rings. The number of benzene rings is 2. The molecular weight excluding hydrogens is 196 g/mol. The Morgan fingerprint density at radius 3 is 1.69 bits per heavy atom. The predicted octanol–water partition coefficient (Wildman–Crippen LogP) is 4.11. The topological polar surface area (TPSA) is 17.1 Å². The Hall–Kier alpha value is -1.89. The van der Waals surface area contributed by atoms with E-state index in [-0.39, 0.29) is 7.43 Å². The molecule has 2 aromatic rings. The van der Waals surface area contributed by atoms with Crippen LogP contribution in [0.1, 0.15) is 23.3 Å². The van der Waals surface area contributed by atoms with E-state index in [2.05, 4.69) is 31.2 Å². The van der Waals surface area contributed by atoms with E-state index < -0.39 is 0 Å². The number of carbonyl (C=O) groups is 1. The van der Waals surface area contributed by atoms with Crippen LogP contribution in [0.2, 0.25) is 0 Å². The van der Waals surface area contributed by atoms with E-state index in [0.29, 0.717) is 5.56 Å². The Balaban J connectivity index is 0.00000128. The summed E-state index contributed by atoms with van der Waals surface area (Å²) in [5, 5.41) is 0. The second kappa shape index (κ2) is 5.26. The lowest BCUT2D eigenvalue weighted by Gasteiger charge is -2.02. The molecule has 1 heteroatoms. The van der Waals surface area contributed by atoms with Crippen LogP contribution in [0, 0.1) is 6.92 Å². The summed E-state index contributed by atoms with van der Waals surface area (Å²) in [5.74, 6) is 0. The molecule has 0 aliphatic heterocycles. The van der Waals surface area contributed by atoms with Gasteiger partial charge in [-0.05, 0) is 18.1 Å². The lowest BCUT2D eigenvalue weighted by Crippen LogP contribution is -1.81. The van der Waals surface area contributed by atoms with Crippen molar-refractivity contribution in [3.05, 3.63) is 59.7 Å². The van der Waals surface area contributed by atoms with E-state index in [1.807, 2.05) is 24.3 Å². The van der Waals surface area contributed by atoms with Gasteiger partial charge in [0.25, 0.3) is 0 Å². The molecule has 0 N–H and O–H groups in total. The Morgan fingerprint density at radius 1 is 0.812 bits per heavy atom. The largest absolute Gasteiger partial charge is 0.298 e. The molecule has 16 heavy (non-hydrogen) atoms. The smallest absolute Gasteiger partial charge is 0.150 e. The first-order valence-electron chi connectivity index (χ1n) is 4.92. The van der Waals surface area contributed by atoms with Crippen LogP contribution in [0.25, 0.3) is 11.1 Å². The molecule has 1 nitrogen and oxygen atoms in total. The van der Waals surface area contributed by atoms with Gasteiger partial charge in [-0.2, -0.15) is 0 Å². The van der Waals surface area contributed by atoms with Crippen LogP contribution in [0.5, 0.6) is 0 Å². The lowest BCUT2D eigenvalue weighted by atomic mass is 10.0. The predicted molar refractivity (Wildman–Crippen MR) is 68.7 cm³/mol. The zero-order valence-electron chi connectivity index (χ0n) is 8.60. The summed E-state index contributed by atoms with van der Waals surface area (Å²) in [6.07, 6.45) is 0.860. The Kier molecular flexibility index (Phi) is 4.01. The van der Waals surface area contributed by atoms with E-state index >= 15 is 0 Å². The summed E-state index contributed by atoms with van der Waals surface area (Å²) in [4.78, 5) is 10.5. The monoisotopic (exact) mass is 212 g/mol. The van der Waals surface area contributed by atoms with Crippen molar-refractivity contribution in [2.24, 2.45) is 0 Å². The van der Waals surface area contributed by atoms with Gasteiger partial charge in [0.15, 0.2) is 0 Å². The highest BCUT2D eigenvalue weighted by Crippen LogP contribution is 2.19. The molecule has 0 radical (unpaired) electrons. The summed E-state index contributed by atoms with van der Waals surface area (Å²) in [6, 6.07) is 16.0. The quantitative estimate of drug-likeness (QED) is 0.685. The van der Waals surface area contributed by atoms with E-state index in [0.717, 1.165) is 11.8 Å². The molecule has 0 bridgehead atoms.